The molecule has 0 aromatic rings. The molecule has 0 bridgehead atoms. The first-order valence-electron chi connectivity index (χ1n) is 7.03. The van der Waals surface area contributed by atoms with E-state index in [1.54, 1.807) is 0 Å². The van der Waals surface area contributed by atoms with E-state index < -0.39 is 0 Å². The van der Waals surface area contributed by atoms with E-state index in [0.29, 0.717) is 44.8 Å². The first-order valence-corrected chi connectivity index (χ1v) is 7.03. The monoisotopic (exact) mass is 255 g/mol. The van der Waals surface area contributed by atoms with E-state index in [-0.39, 0.29) is 6.03 Å². The molecule has 0 aromatic heterocycles. The van der Waals surface area contributed by atoms with E-state index in [9.17, 15) is 4.79 Å². The van der Waals surface area contributed by atoms with E-state index in [1.165, 1.54) is 12.8 Å². The Hall–Kier alpha value is -0.810. The minimum Gasteiger partial charge on any atom is -0.378 e. The van der Waals surface area contributed by atoms with Crippen LogP contribution in [0.25, 0.3) is 0 Å². The summed E-state index contributed by atoms with van der Waals surface area (Å²) in [6.07, 6.45) is 4.70. The number of nitrogens with two attached hydrogens (primary N) is 1. The average Bonchev–Trinajstić information content (AvgIpc) is 2.46. The molecule has 1 aliphatic heterocycles. The fraction of sp³-hybridized carbons (Fsp3) is 0.923. The number of hydrogen-bond donors (Lipinski definition) is 1. The number of hydrogen-bond acceptors (Lipinski definition) is 3. The molecule has 0 aromatic carbocycles. The van der Waals surface area contributed by atoms with Gasteiger partial charge in [0.1, 0.15) is 0 Å². The first-order chi connectivity index (χ1) is 8.74. The summed E-state index contributed by atoms with van der Waals surface area (Å²) in [5, 5.41) is 0. The van der Waals surface area contributed by atoms with Crippen molar-refractivity contribution in [3.8, 4) is 0 Å². The summed E-state index contributed by atoms with van der Waals surface area (Å²) in [5.41, 5.74) is 5.84. The van der Waals surface area contributed by atoms with Crippen LogP contribution < -0.4 is 5.73 Å². The molecule has 2 fully saturated rings. The van der Waals surface area contributed by atoms with Crippen LogP contribution in [0.3, 0.4) is 0 Å². The Balaban J connectivity index is 1.95. The van der Waals surface area contributed by atoms with Crippen molar-refractivity contribution in [2.45, 2.75) is 31.7 Å². The Labute approximate surface area is 109 Å². The predicted octanol–water partition coefficient (Wildman–Crippen LogP) is 0.888. The Bertz CT molecular complexity index is 279. The maximum atomic E-state index is 12.4. The van der Waals surface area contributed by atoms with Crippen molar-refractivity contribution in [2.75, 3.05) is 39.9 Å². The highest BCUT2D eigenvalue weighted by molar-refractivity contribution is 5.74. The van der Waals surface area contributed by atoms with Crippen molar-refractivity contribution in [3.63, 3.8) is 0 Å². The van der Waals surface area contributed by atoms with Crippen LogP contribution in [0.15, 0.2) is 0 Å². The third kappa shape index (κ3) is 2.95. The van der Waals surface area contributed by atoms with Crippen molar-refractivity contribution in [2.24, 2.45) is 11.7 Å². The lowest BCUT2D eigenvalue weighted by Gasteiger charge is -2.40. The fourth-order valence-corrected chi connectivity index (χ4v) is 3.09. The molecule has 0 spiro atoms. The summed E-state index contributed by atoms with van der Waals surface area (Å²) in [4.78, 5) is 16.2. The zero-order chi connectivity index (χ0) is 13.0. The Kier molecular flexibility index (Phi) is 4.83. The number of carbonyl (C=O) groups excluding carboxylic acids is 1. The molecule has 1 saturated heterocycles. The lowest BCUT2D eigenvalue weighted by Crippen LogP contribution is -2.53. The van der Waals surface area contributed by atoms with Crippen molar-refractivity contribution in [1.29, 1.82) is 0 Å². The van der Waals surface area contributed by atoms with Crippen LogP contribution in [0.1, 0.15) is 25.7 Å². The number of morpholine rings is 1. The SMILES string of the molecule is CN(C(=O)N1CCOCC1)C1CCCCC1CN. The van der Waals surface area contributed by atoms with E-state index in [0.717, 1.165) is 12.8 Å². The summed E-state index contributed by atoms with van der Waals surface area (Å²) in [5.74, 6) is 0.466. The summed E-state index contributed by atoms with van der Waals surface area (Å²) in [6, 6.07) is 0.461. The van der Waals surface area contributed by atoms with Crippen molar-refractivity contribution < 1.29 is 9.53 Å². The number of carbonyl (C=O) groups is 1. The van der Waals surface area contributed by atoms with Crippen LogP contribution in [-0.4, -0.2) is 61.8 Å². The maximum absolute atomic E-state index is 12.4. The normalized spacial score (nSPS) is 29.1. The molecule has 1 heterocycles. The summed E-state index contributed by atoms with van der Waals surface area (Å²) < 4.78 is 5.28. The highest BCUT2D eigenvalue weighted by Gasteiger charge is 2.32. The van der Waals surface area contributed by atoms with E-state index in [2.05, 4.69) is 0 Å². The minimum absolute atomic E-state index is 0.142. The van der Waals surface area contributed by atoms with Crippen LogP contribution >= 0.6 is 0 Å². The smallest absolute Gasteiger partial charge is 0.320 e. The second-order valence-corrected chi connectivity index (χ2v) is 5.34. The number of nitrogens with zero attached hydrogens (tertiary/aromatic N) is 2. The van der Waals surface area contributed by atoms with Gasteiger partial charge in [0.05, 0.1) is 13.2 Å². The van der Waals surface area contributed by atoms with Crippen LogP contribution in [0.5, 0.6) is 0 Å². The van der Waals surface area contributed by atoms with E-state index in [4.69, 9.17) is 10.5 Å². The zero-order valence-corrected chi connectivity index (χ0v) is 11.3. The molecule has 2 amide bonds. The van der Waals surface area contributed by atoms with Crippen LogP contribution in [0.2, 0.25) is 0 Å². The summed E-state index contributed by atoms with van der Waals surface area (Å²) in [6.45, 7) is 3.42. The molecule has 2 aliphatic rings. The van der Waals surface area contributed by atoms with Gasteiger partial charge in [-0.15, -0.1) is 0 Å². The number of urea groups is 1. The van der Waals surface area contributed by atoms with Gasteiger partial charge >= 0.3 is 6.03 Å². The third-order valence-corrected chi connectivity index (χ3v) is 4.25. The highest BCUT2D eigenvalue weighted by Crippen LogP contribution is 2.27. The van der Waals surface area contributed by atoms with Crippen molar-refractivity contribution >= 4 is 6.03 Å². The van der Waals surface area contributed by atoms with Crippen LogP contribution in [-0.2, 0) is 4.74 Å². The number of amides is 2. The standard InChI is InChI=1S/C13H25N3O2/c1-15(12-5-3-2-4-11(12)10-14)13(17)16-6-8-18-9-7-16/h11-12H,2-10,14H2,1H3. The molecule has 2 rings (SSSR count). The second kappa shape index (κ2) is 6.38. The zero-order valence-electron chi connectivity index (χ0n) is 11.3. The number of rotatable bonds is 2. The molecule has 0 radical (unpaired) electrons. The van der Waals surface area contributed by atoms with Gasteiger partial charge in [-0.25, -0.2) is 4.79 Å². The molecule has 2 atom stereocenters. The molecule has 1 saturated carbocycles. The molecular formula is C13H25N3O2. The highest BCUT2D eigenvalue weighted by atomic mass is 16.5. The molecule has 104 valence electrons. The summed E-state index contributed by atoms with van der Waals surface area (Å²) in [7, 11) is 1.93. The van der Waals surface area contributed by atoms with Gasteiger partial charge in [-0.3, -0.25) is 0 Å². The first kappa shape index (κ1) is 13.6. The van der Waals surface area contributed by atoms with E-state index in [1.807, 2.05) is 16.8 Å². The second-order valence-electron chi connectivity index (χ2n) is 5.34. The molecule has 2 unspecified atom stereocenters. The number of ether oxygens (including phenoxy) is 1. The minimum atomic E-state index is 0.142. The molecule has 5 nitrogen and oxygen atoms in total. The average molecular weight is 255 g/mol. The van der Waals surface area contributed by atoms with Crippen molar-refractivity contribution in [3.05, 3.63) is 0 Å². The van der Waals surface area contributed by atoms with Gasteiger partial charge in [0.25, 0.3) is 0 Å². The van der Waals surface area contributed by atoms with E-state index >= 15 is 0 Å². The fourth-order valence-electron chi connectivity index (χ4n) is 3.09. The lowest BCUT2D eigenvalue weighted by molar-refractivity contribution is 0.0365. The predicted molar refractivity (Wildman–Crippen MR) is 70.4 cm³/mol. The maximum Gasteiger partial charge on any atom is 0.320 e. The third-order valence-electron chi connectivity index (χ3n) is 4.25. The quantitative estimate of drug-likeness (QED) is 0.797. The van der Waals surface area contributed by atoms with Gasteiger partial charge in [0, 0.05) is 26.2 Å². The van der Waals surface area contributed by atoms with Gasteiger partial charge < -0.3 is 20.3 Å². The van der Waals surface area contributed by atoms with Crippen LogP contribution in [0.4, 0.5) is 4.79 Å². The van der Waals surface area contributed by atoms with Gasteiger partial charge in [0.2, 0.25) is 0 Å². The largest absolute Gasteiger partial charge is 0.378 e. The topological polar surface area (TPSA) is 58.8 Å². The van der Waals surface area contributed by atoms with Gasteiger partial charge in [0.15, 0.2) is 0 Å². The van der Waals surface area contributed by atoms with Crippen molar-refractivity contribution in [1.82, 2.24) is 9.80 Å². The van der Waals surface area contributed by atoms with Crippen LogP contribution in [0, 0.1) is 5.92 Å². The molecule has 1 aliphatic carbocycles. The van der Waals surface area contributed by atoms with Gasteiger partial charge in [-0.2, -0.15) is 0 Å². The lowest BCUT2D eigenvalue weighted by atomic mass is 9.84. The molecule has 5 heteroatoms. The van der Waals surface area contributed by atoms with Gasteiger partial charge in [-0.05, 0) is 25.3 Å². The Morgan fingerprint density at radius 1 is 1.33 bits per heavy atom. The molecular weight excluding hydrogens is 230 g/mol. The Morgan fingerprint density at radius 2 is 2.00 bits per heavy atom. The van der Waals surface area contributed by atoms with Gasteiger partial charge in [-0.1, -0.05) is 12.8 Å². The Morgan fingerprint density at radius 3 is 2.67 bits per heavy atom. The summed E-state index contributed by atoms with van der Waals surface area (Å²) >= 11 is 0. The molecule has 2 N–H and O–H groups in total. The molecule has 18 heavy (non-hydrogen) atoms.